The molecule has 1 aromatic carbocycles. The maximum atomic E-state index is 12.4. The van der Waals surface area contributed by atoms with Crippen LogP contribution in [0.4, 0.5) is 0 Å². The average Bonchev–Trinajstić information content (AvgIpc) is 3.05. The molecule has 2 heterocycles. The molecule has 1 fully saturated rings. The number of benzene rings is 1. The van der Waals surface area contributed by atoms with Gasteiger partial charge < -0.3 is 14.7 Å². The summed E-state index contributed by atoms with van der Waals surface area (Å²) in [5, 5.41) is 10.3. The van der Waals surface area contributed by atoms with Gasteiger partial charge in [0.15, 0.2) is 0 Å². The van der Waals surface area contributed by atoms with Crippen LogP contribution in [0.3, 0.4) is 0 Å². The van der Waals surface area contributed by atoms with E-state index < -0.39 is 0 Å². The monoisotopic (exact) mass is 318 g/mol. The molecule has 0 spiro atoms. The van der Waals surface area contributed by atoms with E-state index in [1.54, 1.807) is 18.2 Å². The van der Waals surface area contributed by atoms with Crippen molar-refractivity contribution in [1.82, 2.24) is 9.88 Å². The molecule has 1 N–H and O–H groups in total. The van der Waals surface area contributed by atoms with Crippen LogP contribution in [-0.4, -0.2) is 47.2 Å². The molecule has 1 amide bonds. The summed E-state index contributed by atoms with van der Waals surface area (Å²) in [6, 6.07) is 7.63. The zero-order valence-electron chi connectivity index (χ0n) is 12.4. The molecule has 0 bridgehead atoms. The Morgan fingerprint density at radius 3 is 2.64 bits per heavy atom. The van der Waals surface area contributed by atoms with Gasteiger partial charge in [-0.15, -0.1) is 11.3 Å². The molecule has 0 aliphatic carbocycles. The van der Waals surface area contributed by atoms with E-state index in [1.165, 1.54) is 11.3 Å². The predicted octanol–water partition coefficient (Wildman–Crippen LogP) is 2.42. The van der Waals surface area contributed by atoms with Crippen molar-refractivity contribution in [2.45, 2.75) is 18.9 Å². The first-order valence-corrected chi connectivity index (χ1v) is 8.06. The number of rotatable bonds is 3. The molecule has 1 aliphatic rings. The summed E-state index contributed by atoms with van der Waals surface area (Å²) in [6.07, 6.45) is 2.66. The van der Waals surface area contributed by atoms with Crippen molar-refractivity contribution in [1.29, 1.82) is 0 Å². The maximum absolute atomic E-state index is 12.4. The van der Waals surface area contributed by atoms with E-state index >= 15 is 0 Å². The average molecular weight is 318 g/mol. The molecule has 6 heteroatoms. The maximum Gasteiger partial charge on any atom is 0.265 e. The van der Waals surface area contributed by atoms with Gasteiger partial charge in [0.1, 0.15) is 15.6 Å². The number of aliphatic hydroxyl groups is 1. The second-order valence-corrected chi connectivity index (χ2v) is 6.31. The number of hydrogen-bond acceptors (Lipinski definition) is 5. The molecule has 3 rings (SSSR count). The van der Waals surface area contributed by atoms with Gasteiger partial charge in [0.2, 0.25) is 0 Å². The van der Waals surface area contributed by atoms with Crippen LogP contribution in [0, 0.1) is 0 Å². The molecule has 0 atom stereocenters. The van der Waals surface area contributed by atoms with Crippen LogP contribution in [0.1, 0.15) is 22.5 Å². The molecule has 116 valence electrons. The van der Waals surface area contributed by atoms with Crippen LogP contribution in [0.15, 0.2) is 30.5 Å². The first kappa shape index (κ1) is 15.0. The topological polar surface area (TPSA) is 62.7 Å². The lowest BCUT2D eigenvalue weighted by atomic mass is 10.1. The number of likely N-dealkylation sites (tertiary alicyclic amines) is 1. The van der Waals surface area contributed by atoms with E-state index in [4.69, 9.17) is 4.74 Å². The van der Waals surface area contributed by atoms with E-state index in [2.05, 4.69) is 4.98 Å². The molecule has 0 radical (unpaired) electrons. The van der Waals surface area contributed by atoms with Gasteiger partial charge in [-0.25, -0.2) is 4.98 Å². The number of methoxy groups -OCH3 is 1. The third-order valence-electron chi connectivity index (χ3n) is 3.81. The number of thiazole rings is 1. The van der Waals surface area contributed by atoms with E-state index in [0.29, 0.717) is 30.8 Å². The predicted molar refractivity (Wildman–Crippen MR) is 85.2 cm³/mol. The third kappa shape index (κ3) is 3.13. The number of hydrogen-bond donors (Lipinski definition) is 1. The fourth-order valence-corrected chi connectivity index (χ4v) is 3.35. The second kappa shape index (κ2) is 6.46. The summed E-state index contributed by atoms with van der Waals surface area (Å²) in [4.78, 5) is 19.2. The number of piperidine rings is 1. The normalized spacial score (nSPS) is 15.8. The number of aliphatic hydroxyl groups excluding tert-OH is 1. The van der Waals surface area contributed by atoms with Gasteiger partial charge in [0.25, 0.3) is 5.91 Å². The molecular weight excluding hydrogens is 300 g/mol. The minimum absolute atomic E-state index is 0.00385. The van der Waals surface area contributed by atoms with Crippen LogP contribution in [0.2, 0.25) is 0 Å². The van der Waals surface area contributed by atoms with E-state index in [1.807, 2.05) is 24.3 Å². The molecule has 0 unspecified atom stereocenters. The number of nitrogens with zero attached hydrogens (tertiary/aromatic N) is 2. The Balaban J connectivity index is 1.73. The van der Waals surface area contributed by atoms with Gasteiger partial charge in [-0.05, 0) is 37.1 Å². The summed E-state index contributed by atoms with van der Waals surface area (Å²) in [5.41, 5.74) is 0.971. The summed E-state index contributed by atoms with van der Waals surface area (Å²) in [6.45, 7) is 1.21. The van der Waals surface area contributed by atoms with Crippen molar-refractivity contribution in [2.24, 2.45) is 0 Å². The number of carbonyl (C=O) groups is 1. The Labute approximate surface area is 133 Å². The molecule has 5 nitrogen and oxygen atoms in total. The Morgan fingerprint density at radius 1 is 1.32 bits per heavy atom. The fourth-order valence-electron chi connectivity index (χ4n) is 2.46. The highest BCUT2D eigenvalue weighted by molar-refractivity contribution is 7.16. The Kier molecular flexibility index (Phi) is 4.40. The summed E-state index contributed by atoms with van der Waals surface area (Å²) < 4.78 is 5.14. The minimum atomic E-state index is -0.277. The lowest BCUT2D eigenvalue weighted by Crippen LogP contribution is -2.39. The van der Waals surface area contributed by atoms with Crippen LogP contribution in [0.25, 0.3) is 10.6 Å². The molecule has 1 aliphatic heterocycles. The molecule has 1 saturated heterocycles. The second-order valence-electron chi connectivity index (χ2n) is 5.28. The number of ether oxygens (including phenoxy) is 1. The van der Waals surface area contributed by atoms with Crippen molar-refractivity contribution in [2.75, 3.05) is 20.2 Å². The van der Waals surface area contributed by atoms with Gasteiger partial charge >= 0.3 is 0 Å². The van der Waals surface area contributed by atoms with Gasteiger partial charge in [0, 0.05) is 18.7 Å². The van der Waals surface area contributed by atoms with Crippen molar-refractivity contribution < 1.29 is 14.6 Å². The van der Waals surface area contributed by atoms with Crippen molar-refractivity contribution >= 4 is 17.2 Å². The lowest BCUT2D eigenvalue weighted by molar-refractivity contribution is 0.0550. The van der Waals surface area contributed by atoms with Crippen LogP contribution in [0.5, 0.6) is 5.75 Å². The summed E-state index contributed by atoms with van der Waals surface area (Å²) in [5.74, 6) is 0.799. The van der Waals surface area contributed by atoms with Crippen LogP contribution < -0.4 is 4.74 Å². The standard InChI is InChI=1S/C16H18N2O3S/c1-21-13-4-2-11(3-5-13)15-17-10-14(22-15)16(20)18-8-6-12(19)7-9-18/h2-5,10,12,19H,6-9H2,1H3. The van der Waals surface area contributed by atoms with Crippen molar-refractivity contribution in [3.63, 3.8) is 0 Å². The Morgan fingerprint density at radius 2 is 2.00 bits per heavy atom. The van der Waals surface area contributed by atoms with E-state index in [-0.39, 0.29) is 12.0 Å². The number of carbonyl (C=O) groups excluding carboxylic acids is 1. The quantitative estimate of drug-likeness (QED) is 0.944. The van der Waals surface area contributed by atoms with Crippen molar-refractivity contribution in [3.05, 3.63) is 35.3 Å². The van der Waals surface area contributed by atoms with E-state index in [0.717, 1.165) is 16.3 Å². The molecule has 22 heavy (non-hydrogen) atoms. The Bertz CT molecular complexity index is 646. The van der Waals surface area contributed by atoms with Gasteiger partial charge in [-0.2, -0.15) is 0 Å². The fraction of sp³-hybridized carbons (Fsp3) is 0.375. The first-order chi connectivity index (χ1) is 10.7. The highest BCUT2D eigenvalue weighted by Gasteiger charge is 2.23. The van der Waals surface area contributed by atoms with Crippen LogP contribution >= 0.6 is 11.3 Å². The molecule has 2 aromatic rings. The number of aromatic nitrogens is 1. The van der Waals surface area contributed by atoms with Crippen LogP contribution in [-0.2, 0) is 0 Å². The third-order valence-corrected chi connectivity index (χ3v) is 4.84. The van der Waals surface area contributed by atoms with Gasteiger partial charge in [-0.1, -0.05) is 0 Å². The Hall–Kier alpha value is -1.92. The highest BCUT2D eigenvalue weighted by Crippen LogP contribution is 2.28. The van der Waals surface area contributed by atoms with Gasteiger partial charge in [-0.3, -0.25) is 4.79 Å². The molecule has 0 saturated carbocycles. The zero-order valence-corrected chi connectivity index (χ0v) is 13.2. The van der Waals surface area contributed by atoms with Gasteiger partial charge in [0.05, 0.1) is 19.4 Å². The molecular formula is C16H18N2O3S. The smallest absolute Gasteiger partial charge is 0.265 e. The zero-order chi connectivity index (χ0) is 15.5. The largest absolute Gasteiger partial charge is 0.497 e. The summed E-state index contributed by atoms with van der Waals surface area (Å²) in [7, 11) is 1.63. The highest BCUT2D eigenvalue weighted by atomic mass is 32.1. The molecule has 1 aromatic heterocycles. The minimum Gasteiger partial charge on any atom is -0.497 e. The number of amides is 1. The summed E-state index contributed by atoms with van der Waals surface area (Å²) >= 11 is 1.40. The SMILES string of the molecule is COc1ccc(-c2ncc(C(=O)N3CCC(O)CC3)s2)cc1. The van der Waals surface area contributed by atoms with Crippen molar-refractivity contribution in [3.8, 4) is 16.3 Å². The first-order valence-electron chi connectivity index (χ1n) is 7.25. The lowest BCUT2D eigenvalue weighted by Gasteiger charge is -2.29. The van der Waals surface area contributed by atoms with E-state index in [9.17, 15) is 9.90 Å².